The molecule has 0 saturated carbocycles. The number of rotatable bonds is 1. The van der Waals surface area contributed by atoms with Crippen molar-refractivity contribution < 1.29 is 0 Å². The van der Waals surface area contributed by atoms with Crippen LogP contribution in [0.3, 0.4) is 0 Å². The molecule has 0 spiro atoms. The first-order chi connectivity index (χ1) is 5.61. The minimum Gasteiger partial charge on any atom is -0.337 e. The lowest BCUT2D eigenvalue weighted by atomic mass is 9.77. The highest BCUT2D eigenvalue weighted by Crippen LogP contribution is 2.38. The quantitative estimate of drug-likeness (QED) is 0.675. The van der Waals surface area contributed by atoms with Crippen LogP contribution in [-0.2, 0) is 7.05 Å². The molecule has 1 aromatic rings. The third kappa shape index (κ3) is 0.966. The lowest BCUT2D eigenvalue weighted by Crippen LogP contribution is -2.53. The standard InChI is InChI=1S/C9H15N3/c1-9(2)6-11-7(9)8-10-4-5-12(8)3/h4-5,7,11H,6H2,1-3H3/t7-/m1/s1. The fraction of sp³-hybridized carbons (Fsp3) is 0.667. The van der Waals surface area contributed by atoms with Crippen LogP contribution in [0.15, 0.2) is 12.4 Å². The van der Waals surface area contributed by atoms with Crippen LogP contribution < -0.4 is 5.32 Å². The highest BCUT2D eigenvalue weighted by atomic mass is 15.1. The second kappa shape index (κ2) is 2.33. The maximum absolute atomic E-state index is 4.33. The topological polar surface area (TPSA) is 29.9 Å². The van der Waals surface area contributed by atoms with Crippen molar-refractivity contribution >= 4 is 0 Å². The van der Waals surface area contributed by atoms with Crippen LogP contribution in [0.5, 0.6) is 0 Å². The lowest BCUT2D eigenvalue weighted by Gasteiger charge is -2.44. The first-order valence-corrected chi connectivity index (χ1v) is 4.32. The van der Waals surface area contributed by atoms with Gasteiger partial charge in [-0.2, -0.15) is 0 Å². The van der Waals surface area contributed by atoms with Gasteiger partial charge in [-0.05, 0) is 5.41 Å². The minimum atomic E-state index is 0.360. The maximum atomic E-state index is 4.33. The highest BCUT2D eigenvalue weighted by Gasteiger charge is 2.41. The predicted molar refractivity (Wildman–Crippen MR) is 47.7 cm³/mol. The lowest BCUT2D eigenvalue weighted by molar-refractivity contribution is 0.118. The molecule has 0 aliphatic carbocycles. The highest BCUT2D eigenvalue weighted by molar-refractivity contribution is 5.10. The van der Waals surface area contributed by atoms with Crippen molar-refractivity contribution in [2.75, 3.05) is 6.54 Å². The van der Waals surface area contributed by atoms with Gasteiger partial charge in [-0.15, -0.1) is 0 Å². The van der Waals surface area contributed by atoms with Gasteiger partial charge in [0.2, 0.25) is 0 Å². The SMILES string of the molecule is Cn1ccnc1[C@H]1NCC1(C)C. The molecule has 1 aliphatic heterocycles. The van der Waals surface area contributed by atoms with Crippen molar-refractivity contribution in [1.82, 2.24) is 14.9 Å². The molecular formula is C9H15N3. The predicted octanol–water partition coefficient (Wildman–Crippen LogP) is 1.09. The normalized spacial score (nSPS) is 26.8. The number of aromatic nitrogens is 2. The molecule has 3 heteroatoms. The molecule has 12 heavy (non-hydrogen) atoms. The molecule has 66 valence electrons. The Balaban J connectivity index is 2.27. The number of nitrogens with one attached hydrogen (secondary N) is 1. The number of imidazole rings is 1. The molecule has 1 aliphatic rings. The van der Waals surface area contributed by atoms with E-state index in [1.54, 1.807) is 0 Å². The average Bonchev–Trinajstić information content (AvgIpc) is 2.35. The van der Waals surface area contributed by atoms with E-state index in [2.05, 4.69) is 28.7 Å². The van der Waals surface area contributed by atoms with E-state index in [-0.39, 0.29) is 0 Å². The van der Waals surface area contributed by atoms with Gasteiger partial charge in [0.1, 0.15) is 5.82 Å². The first-order valence-electron chi connectivity index (χ1n) is 4.32. The summed E-state index contributed by atoms with van der Waals surface area (Å²) >= 11 is 0. The van der Waals surface area contributed by atoms with E-state index < -0.39 is 0 Å². The Kier molecular flexibility index (Phi) is 1.51. The van der Waals surface area contributed by atoms with E-state index >= 15 is 0 Å². The summed E-state index contributed by atoms with van der Waals surface area (Å²) in [5, 5.41) is 3.40. The summed E-state index contributed by atoms with van der Waals surface area (Å²) < 4.78 is 2.08. The van der Waals surface area contributed by atoms with E-state index in [0.29, 0.717) is 11.5 Å². The summed E-state index contributed by atoms with van der Waals surface area (Å²) in [4.78, 5) is 4.33. The van der Waals surface area contributed by atoms with E-state index in [9.17, 15) is 0 Å². The number of hydrogen-bond donors (Lipinski definition) is 1. The zero-order valence-corrected chi connectivity index (χ0v) is 7.83. The summed E-state index contributed by atoms with van der Waals surface area (Å²) in [5.41, 5.74) is 0.360. The molecular weight excluding hydrogens is 150 g/mol. The van der Waals surface area contributed by atoms with Crippen molar-refractivity contribution in [2.45, 2.75) is 19.9 Å². The van der Waals surface area contributed by atoms with Gasteiger partial charge in [0.15, 0.2) is 0 Å². The molecule has 0 bridgehead atoms. The van der Waals surface area contributed by atoms with E-state index in [1.807, 2.05) is 19.4 Å². The Bertz CT molecular complexity index is 288. The molecule has 0 amide bonds. The van der Waals surface area contributed by atoms with Crippen LogP contribution >= 0.6 is 0 Å². The number of nitrogens with zero attached hydrogens (tertiary/aromatic N) is 2. The molecule has 1 N–H and O–H groups in total. The van der Waals surface area contributed by atoms with Crippen molar-refractivity contribution in [2.24, 2.45) is 12.5 Å². The summed E-state index contributed by atoms with van der Waals surface area (Å²) in [6, 6.07) is 0.428. The molecule has 2 rings (SSSR count). The Morgan fingerprint density at radius 1 is 1.67 bits per heavy atom. The van der Waals surface area contributed by atoms with Crippen LogP contribution in [0.1, 0.15) is 25.7 Å². The first kappa shape index (κ1) is 7.80. The monoisotopic (exact) mass is 165 g/mol. The van der Waals surface area contributed by atoms with E-state index in [0.717, 1.165) is 12.4 Å². The molecule has 1 aromatic heterocycles. The van der Waals surface area contributed by atoms with Crippen LogP contribution in [0, 0.1) is 5.41 Å². The summed E-state index contributed by atoms with van der Waals surface area (Å²) in [6.45, 7) is 5.62. The van der Waals surface area contributed by atoms with Gasteiger partial charge < -0.3 is 9.88 Å². The van der Waals surface area contributed by atoms with Crippen LogP contribution in [-0.4, -0.2) is 16.1 Å². The van der Waals surface area contributed by atoms with Crippen molar-refractivity contribution in [3.63, 3.8) is 0 Å². The maximum Gasteiger partial charge on any atom is 0.126 e. The van der Waals surface area contributed by atoms with Gasteiger partial charge in [0.05, 0.1) is 6.04 Å². The largest absolute Gasteiger partial charge is 0.337 e. The summed E-state index contributed by atoms with van der Waals surface area (Å²) in [5.74, 6) is 1.14. The molecule has 1 fully saturated rings. The molecule has 3 nitrogen and oxygen atoms in total. The van der Waals surface area contributed by atoms with Gasteiger partial charge in [-0.3, -0.25) is 0 Å². The van der Waals surface area contributed by atoms with Gasteiger partial charge in [-0.25, -0.2) is 4.98 Å². The zero-order valence-electron chi connectivity index (χ0n) is 7.83. The third-order valence-electron chi connectivity index (χ3n) is 2.66. The van der Waals surface area contributed by atoms with Crippen molar-refractivity contribution in [3.05, 3.63) is 18.2 Å². The van der Waals surface area contributed by atoms with E-state index in [1.165, 1.54) is 0 Å². The molecule has 0 aromatic carbocycles. The molecule has 1 atom stereocenters. The van der Waals surface area contributed by atoms with Crippen molar-refractivity contribution in [3.8, 4) is 0 Å². The van der Waals surface area contributed by atoms with Crippen molar-refractivity contribution in [1.29, 1.82) is 0 Å². The molecule has 1 saturated heterocycles. The molecule has 2 heterocycles. The third-order valence-corrected chi connectivity index (χ3v) is 2.66. The van der Waals surface area contributed by atoms with Gasteiger partial charge in [0.25, 0.3) is 0 Å². The zero-order chi connectivity index (χ0) is 8.77. The van der Waals surface area contributed by atoms with Gasteiger partial charge >= 0.3 is 0 Å². The molecule has 0 radical (unpaired) electrons. The Morgan fingerprint density at radius 3 is 2.75 bits per heavy atom. The van der Waals surface area contributed by atoms with Crippen LogP contribution in [0.25, 0.3) is 0 Å². The Hall–Kier alpha value is -0.830. The Morgan fingerprint density at radius 2 is 2.42 bits per heavy atom. The minimum absolute atomic E-state index is 0.360. The van der Waals surface area contributed by atoms with Gasteiger partial charge in [0, 0.05) is 26.0 Å². The number of hydrogen-bond acceptors (Lipinski definition) is 2. The Labute approximate surface area is 72.8 Å². The fourth-order valence-corrected chi connectivity index (χ4v) is 1.71. The number of aryl methyl sites for hydroxylation is 1. The fourth-order valence-electron chi connectivity index (χ4n) is 1.71. The van der Waals surface area contributed by atoms with Crippen LogP contribution in [0.2, 0.25) is 0 Å². The van der Waals surface area contributed by atoms with E-state index in [4.69, 9.17) is 0 Å². The summed E-state index contributed by atoms with van der Waals surface area (Å²) in [7, 11) is 2.04. The van der Waals surface area contributed by atoms with Crippen LogP contribution in [0.4, 0.5) is 0 Å². The summed E-state index contributed by atoms with van der Waals surface area (Å²) in [6.07, 6.45) is 3.84. The molecule has 0 unspecified atom stereocenters. The average molecular weight is 165 g/mol. The second-order valence-corrected chi connectivity index (χ2v) is 4.20. The van der Waals surface area contributed by atoms with Gasteiger partial charge in [-0.1, -0.05) is 13.8 Å². The smallest absolute Gasteiger partial charge is 0.126 e. The second-order valence-electron chi connectivity index (χ2n) is 4.20.